The van der Waals surface area contributed by atoms with Gasteiger partial charge in [-0.15, -0.1) is 0 Å². The molecule has 3 unspecified atom stereocenters. The summed E-state index contributed by atoms with van der Waals surface area (Å²) < 4.78 is 0. The molecule has 1 N–H and O–H groups in total. The van der Waals surface area contributed by atoms with E-state index < -0.39 is 0 Å². The minimum absolute atomic E-state index is 0.0299. The monoisotopic (exact) mass is 282 g/mol. The summed E-state index contributed by atoms with van der Waals surface area (Å²) in [6, 6.07) is 0.139. The lowest BCUT2D eigenvalue weighted by Gasteiger charge is -2.34. The van der Waals surface area contributed by atoms with Gasteiger partial charge in [-0.3, -0.25) is 14.5 Å². The predicted octanol–water partition coefficient (Wildman–Crippen LogP) is 2.23. The summed E-state index contributed by atoms with van der Waals surface area (Å²) in [6.45, 7) is 8.12. The summed E-state index contributed by atoms with van der Waals surface area (Å²) in [5, 5.41) is 2.87. The Kier molecular flexibility index (Phi) is 6.66. The number of nitrogens with one attached hydrogen (secondary N) is 1. The van der Waals surface area contributed by atoms with Crippen molar-refractivity contribution in [1.82, 2.24) is 10.2 Å². The first-order chi connectivity index (χ1) is 9.31. The van der Waals surface area contributed by atoms with Crippen LogP contribution >= 0.6 is 0 Å². The highest BCUT2D eigenvalue weighted by atomic mass is 16.2. The molecule has 0 radical (unpaired) electrons. The van der Waals surface area contributed by atoms with Crippen LogP contribution in [0.5, 0.6) is 0 Å². The summed E-state index contributed by atoms with van der Waals surface area (Å²) in [5.41, 5.74) is 0. The van der Waals surface area contributed by atoms with Crippen LogP contribution in [0.2, 0.25) is 0 Å². The number of carbonyl (C=O) groups excluding carboxylic acids is 2. The average molecular weight is 282 g/mol. The Hall–Kier alpha value is -0.900. The Balaban J connectivity index is 2.46. The topological polar surface area (TPSA) is 49.4 Å². The van der Waals surface area contributed by atoms with E-state index in [9.17, 15) is 9.59 Å². The normalized spacial score (nSPS) is 24.8. The molecule has 4 heteroatoms. The number of likely N-dealkylation sites (N-methyl/N-ethyl adjacent to an activating group) is 1. The van der Waals surface area contributed by atoms with E-state index in [1.807, 2.05) is 20.9 Å². The Morgan fingerprint density at radius 3 is 2.45 bits per heavy atom. The Morgan fingerprint density at radius 1 is 1.30 bits per heavy atom. The smallest absolute Gasteiger partial charge is 0.234 e. The third kappa shape index (κ3) is 5.23. The molecular weight excluding hydrogens is 252 g/mol. The van der Waals surface area contributed by atoms with Gasteiger partial charge in [-0.05, 0) is 38.6 Å². The van der Waals surface area contributed by atoms with Crippen molar-refractivity contribution in [3.05, 3.63) is 0 Å². The standard InChI is InChI=1S/C16H30N2O2/c1-11(2)16(13(4)19)17-15(20)10-18(5)14-8-6-7-12(3)9-14/h11-12,14,16H,6-10H2,1-5H3,(H,17,20). The molecule has 0 heterocycles. The SMILES string of the molecule is CC(=O)C(NC(=O)CN(C)C1CCCC(C)C1)C(C)C. The van der Waals surface area contributed by atoms with Gasteiger partial charge in [0.15, 0.2) is 5.78 Å². The lowest BCUT2D eigenvalue weighted by atomic mass is 9.86. The van der Waals surface area contributed by atoms with Crippen LogP contribution in [-0.4, -0.2) is 42.3 Å². The van der Waals surface area contributed by atoms with Crippen LogP contribution in [0.1, 0.15) is 53.4 Å². The largest absolute Gasteiger partial charge is 0.345 e. The molecule has 0 saturated heterocycles. The van der Waals surface area contributed by atoms with Crippen LogP contribution < -0.4 is 5.32 Å². The molecule has 20 heavy (non-hydrogen) atoms. The Bertz CT molecular complexity index is 341. The number of amides is 1. The number of Topliss-reactive ketones (excluding diaryl/α,β-unsaturated/α-hetero) is 1. The van der Waals surface area contributed by atoms with Gasteiger partial charge in [0.2, 0.25) is 5.91 Å². The lowest BCUT2D eigenvalue weighted by Crippen LogP contribution is -2.48. The van der Waals surface area contributed by atoms with Crippen molar-refractivity contribution < 1.29 is 9.59 Å². The number of hydrogen-bond donors (Lipinski definition) is 1. The van der Waals surface area contributed by atoms with E-state index >= 15 is 0 Å². The predicted molar refractivity (Wildman–Crippen MR) is 81.5 cm³/mol. The lowest BCUT2D eigenvalue weighted by molar-refractivity contribution is -0.128. The quantitative estimate of drug-likeness (QED) is 0.812. The van der Waals surface area contributed by atoms with E-state index in [2.05, 4.69) is 17.1 Å². The molecule has 0 aliphatic heterocycles. The summed E-state index contributed by atoms with van der Waals surface area (Å²) >= 11 is 0. The van der Waals surface area contributed by atoms with Gasteiger partial charge in [0.1, 0.15) is 0 Å². The summed E-state index contributed by atoms with van der Waals surface area (Å²) in [6.07, 6.45) is 4.90. The molecule has 0 aromatic carbocycles. The van der Waals surface area contributed by atoms with E-state index in [4.69, 9.17) is 0 Å². The molecule has 0 spiro atoms. The van der Waals surface area contributed by atoms with Crippen LogP contribution in [0.3, 0.4) is 0 Å². The highest BCUT2D eigenvalue weighted by Crippen LogP contribution is 2.26. The molecule has 1 saturated carbocycles. The molecule has 0 aromatic heterocycles. The number of nitrogens with zero attached hydrogens (tertiary/aromatic N) is 1. The van der Waals surface area contributed by atoms with Gasteiger partial charge < -0.3 is 5.32 Å². The first-order valence-corrected chi connectivity index (χ1v) is 7.81. The Labute approximate surface area is 123 Å². The molecule has 4 nitrogen and oxygen atoms in total. The number of hydrogen-bond acceptors (Lipinski definition) is 3. The van der Waals surface area contributed by atoms with E-state index in [1.54, 1.807) is 0 Å². The molecule has 0 aromatic rings. The van der Waals surface area contributed by atoms with Crippen molar-refractivity contribution in [2.24, 2.45) is 11.8 Å². The maximum absolute atomic E-state index is 12.1. The summed E-state index contributed by atoms with van der Waals surface area (Å²) in [7, 11) is 2.01. The van der Waals surface area contributed by atoms with E-state index in [0.29, 0.717) is 12.6 Å². The van der Waals surface area contributed by atoms with Crippen molar-refractivity contribution in [2.75, 3.05) is 13.6 Å². The van der Waals surface area contributed by atoms with Crippen LogP contribution in [-0.2, 0) is 9.59 Å². The van der Waals surface area contributed by atoms with E-state index in [1.165, 1.54) is 32.6 Å². The minimum Gasteiger partial charge on any atom is -0.345 e. The fourth-order valence-corrected chi connectivity index (χ4v) is 3.11. The minimum atomic E-state index is -0.360. The number of ketones is 1. The van der Waals surface area contributed by atoms with Gasteiger partial charge in [0, 0.05) is 6.04 Å². The van der Waals surface area contributed by atoms with Crippen LogP contribution in [0, 0.1) is 11.8 Å². The molecule has 3 atom stereocenters. The van der Waals surface area contributed by atoms with Crippen LogP contribution in [0.25, 0.3) is 0 Å². The number of carbonyl (C=O) groups is 2. The fourth-order valence-electron chi connectivity index (χ4n) is 3.11. The van der Waals surface area contributed by atoms with Crippen molar-refractivity contribution >= 4 is 11.7 Å². The van der Waals surface area contributed by atoms with Crippen molar-refractivity contribution in [2.45, 2.75) is 65.5 Å². The highest BCUT2D eigenvalue weighted by Gasteiger charge is 2.25. The zero-order chi connectivity index (χ0) is 15.3. The molecule has 116 valence electrons. The third-order valence-corrected chi connectivity index (χ3v) is 4.35. The summed E-state index contributed by atoms with van der Waals surface area (Å²) in [4.78, 5) is 25.8. The highest BCUT2D eigenvalue weighted by molar-refractivity contribution is 5.88. The second-order valence-corrected chi connectivity index (χ2v) is 6.74. The zero-order valence-corrected chi connectivity index (χ0v) is 13.6. The number of rotatable bonds is 6. The molecule has 1 fully saturated rings. The van der Waals surface area contributed by atoms with E-state index in [0.717, 1.165) is 5.92 Å². The maximum Gasteiger partial charge on any atom is 0.234 e. The van der Waals surface area contributed by atoms with Crippen molar-refractivity contribution in [1.29, 1.82) is 0 Å². The van der Waals surface area contributed by atoms with Crippen LogP contribution in [0.4, 0.5) is 0 Å². The third-order valence-electron chi connectivity index (χ3n) is 4.35. The molecule has 1 aliphatic rings. The van der Waals surface area contributed by atoms with Crippen molar-refractivity contribution in [3.8, 4) is 0 Å². The van der Waals surface area contributed by atoms with Gasteiger partial charge in [0.05, 0.1) is 12.6 Å². The van der Waals surface area contributed by atoms with Crippen molar-refractivity contribution in [3.63, 3.8) is 0 Å². The first-order valence-electron chi connectivity index (χ1n) is 7.81. The van der Waals surface area contributed by atoms with Crippen LogP contribution in [0.15, 0.2) is 0 Å². The van der Waals surface area contributed by atoms with Gasteiger partial charge in [-0.2, -0.15) is 0 Å². The Morgan fingerprint density at radius 2 is 1.95 bits per heavy atom. The summed E-state index contributed by atoms with van der Waals surface area (Å²) in [5.74, 6) is 0.873. The molecule has 1 rings (SSSR count). The maximum atomic E-state index is 12.1. The zero-order valence-electron chi connectivity index (χ0n) is 13.6. The first kappa shape index (κ1) is 17.2. The fraction of sp³-hybridized carbons (Fsp3) is 0.875. The molecule has 1 amide bonds. The molecule has 1 aliphatic carbocycles. The van der Waals surface area contributed by atoms with Gasteiger partial charge >= 0.3 is 0 Å². The second-order valence-electron chi connectivity index (χ2n) is 6.74. The second kappa shape index (κ2) is 7.77. The average Bonchev–Trinajstić information content (AvgIpc) is 2.35. The van der Waals surface area contributed by atoms with Gasteiger partial charge in [-0.25, -0.2) is 0 Å². The molecular formula is C16H30N2O2. The molecule has 0 bridgehead atoms. The van der Waals surface area contributed by atoms with Gasteiger partial charge in [0.25, 0.3) is 0 Å². The van der Waals surface area contributed by atoms with Gasteiger partial charge in [-0.1, -0.05) is 33.6 Å². The van der Waals surface area contributed by atoms with E-state index in [-0.39, 0.29) is 23.7 Å².